The van der Waals surface area contributed by atoms with Gasteiger partial charge in [0.1, 0.15) is 5.75 Å². The number of piperazine rings is 1. The summed E-state index contributed by atoms with van der Waals surface area (Å²) in [5.74, 6) is 0.909. The van der Waals surface area contributed by atoms with Gasteiger partial charge >= 0.3 is 0 Å². The molecule has 2 unspecified atom stereocenters. The quantitative estimate of drug-likeness (QED) is 0.928. The van der Waals surface area contributed by atoms with Crippen molar-refractivity contribution in [3.63, 3.8) is 0 Å². The molecule has 18 heavy (non-hydrogen) atoms. The number of halogens is 1. The molecule has 0 saturated carbocycles. The van der Waals surface area contributed by atoms with Gasteiger partial charge in [-0.05, 0) is 41.4 Å². The Morgan fingerprint density at radius 1 is 1.50 bits per heavy atom. The Labute approximate surface area is 118 Å². The molecule has 0 aromatic heterocycles. The third-order valence-electron chi connectivity index (χ3n) is 3.61. The van der Waals surface area contributed by atoms with Gasteiger partial charge in [0.2, 0.25) is 0 Å². The summed E-state index contributed by atoms with van der Waals surface area (Å²) in [4.78, 5) is 2.46. The molecule has 1 aliphatic rings. The molecule has 2 rings (SSSR count). The lowest BCUT2D eigenvalue weighted by atomic mass is 10.1. The molecule has 2 atom stereocenters. The van der Waals surface area contributed by atoms with E-state index in [0.717, 1.165) is 29.7 Å². The van der Waals surface area contributed by atoms with Gasteiger partial charge in [-0.25, -0.2) is 0 Å². The molecule has 0 spiro atoms. The van der Waals surface area contributed by atoms with Crippen molar-refractivity contribution >= 4 is 21.6 Å². The van der Waals surface area contributed by atoms with Gasteiger partial charge in [-0.3, -0.25) is 0 Å². The fourth-order valence-corrected chi connectivity index (χ4v) is 2.85. The van der Waals surface area contributed by atoms with Crippen LogP contribution in [0.4, 0.5) is 5.69 Å². The van der Waals surface area contributed by atoms with Crippen LogP contribution in [-0.2, 0) is 0 Å². The number of nitrogens with one attached hydrogen (secondary N) is 1. The van der Waals surface area contributed by atoms with Crippen molar-refractivity contribution in [3.8, 4) is 5.75 Å². The van der Waals surface area contributed by atoms with E-state index in [-0.39, 0.29) is 0 Å². The number of hydrogen-bond acceptors (Lipinski definition) is 3. The third kappa shape index (κ3) is 2.81. The normalized spacial score (nSPS) is 24.1. The minimum Gasteiger partial charge on any atom is -0.497 e. The molecule has 1 heterocycles. The Hall–Kier alpha value is -0.740. The lowest BCUT2D eigenvalue weighted by Crippen LogP contribution is -2.55. The Morgan fingerprint density at radius 2 is 2.28 bits per heavy atom. The van der Waals surface area contributed by atoms with Gasteiger partial charge in [0.15, 0.2) is 0 Å². The highest BCUT2D eigenvalue weighted by Crippen LogP contribution is 2.32. The first kappa shape index (κ1) is 13.7. The van der Waals surface area contributed by atoms with Crippen LogP contribution in [0.15, 0.2) is 22.7 Å². The first-order valence-electron chi connectivity index (χ1n) is 6.49. The highest BCUT2D eigenvalue weighted by atomic mass is 79.9. The second-order valence-electron chi connectivity index (χ2n) is 4.83. The molecule has 0 aliphatic carbocycles. The van der Waals surface area contributed by atoms with Crippen LogP contribution >= 0.6 is 15.9 Å². The zero-order valence-corrected chi connectivity index (χ0v) is 12.8. The number of hydrogen-bond donors (Lipinski definition) is 1. The summed E-state index contributed by atoms with van der Waals surface area (Å²) in [7, 11) is 1.71. The molecule has 0 bridgehead atoms. The topological polar surface area (TPSA) is 24.5 Å². The number of rotatable bonds is 3. The van der Waals surface area contributed by atoms with Crippen LogP contribution < -0.4 is 15.0 Å². The van der Waals surface area contributed by atoms with Gasteiger partial charge in [0, 0.05) is 35.7 Å². The highest BCUT2D eigenvalue weighted by molar-refractivity contribution is 9.10. The number of benzene rings is 1. The maximum Gasteiger partial charge on any atom is 0.121 e. The molecule has 1 aliphatic heterocycles. The van der Waals surface area contributed by atoms with E-state index in [9.17, 15) is 0 Å². The predicted molar refractivity (Wildman–Crippen MR) is 79.6 cm³/mol. The Morgan fingerprint density at radius 3 is 2.94 bits per heavy atom. The summed E-state index contributed by atoms with van der Waals surface area (Å²) in [6.45, 7) is 6.56. The third-order valence-corrected chi connectivity index (χ3v) is 4.28. The van der Waals surface area contributed by atoms with Crippen LogP contribution in [-0.4, -0.2) is 32.3 Å². The van der Waals surface area contributed by atoms with Crippen molar-refractivity contribution < 1.29 is 4.74 Å². The lowest BCUT2D eigenvalue weighted by molar-refractivity contribution is 0.394. The maximum absolute atomic E-state index is 5.33. The molecule has 1 aromatic carbocycles. The number of nitrogens with zero attached hydrogens (tertiary/aromatic N) is 1. The predicted octanol–water partition coefficient (Wildman–Crippen LogP) is 3.03. The summed E-state index contributed by atoms with van der Waals surface area (Å²) in [5.41, 5.74) is 1.22. The molecular weight excluding hydrogens is 292 g/mol. The summed E-state index contributed by atoms with van der Waals surface area (Å²) in [6.07, 6.45) is 1.16. The van der Waals surface area contributed by atoms with E-state index in [0.29, 0.717) is 12.1 Å². The average molecular weight is 313 g/mol. The number of anilines is 1. The van der Waals surface area contributed by atoms with Crippen molar-refractivity contribution in [1.29, 1.82) is 0 Å². The van der Waals surface area contributed by atoms with Crippen LogP contribution in [0.1, 0.15) is 20.3 Å². The second-order valence-corrected chi connectivity index (χ2v) is 5.69. The van der Waals surface area contributed by atoms with Gasteiger partial charge in [-0.1, -0.05) is 6.92 Å². The molecular formula is C14H21BrN2O. The van der Waals surface area contributed by atoms with Gasteiger partial charge in [0.25, 0.3) is 0 Å². The average Bonchev–Trinajstić information content (AvgIpc) is 2.40. The van der Waals surface area contributed by atoms with Crippen LogP contribution in [0.5, 0.6) is 5.75 Å². The van der Waals surface area contributed by atoms with E-state index in [1.54, 1.807) is 7.11 Å². The van der Waals surface area contributed by atoms with Crippen LogP contribution in [0.25, 0.3) is 0 Å². The van der Waals surface area contributed by atoms with Crippen LogP contribution in [0.3, 0.4) is 0 Å². The summed E-state index contributed by atoms with van der Waals surface area (Å²) in [5, 5.41) is 3.58. The molecule has 3 nitrogen and oxygen atoms in total. The van der Waals surface area contributed by atoms with E-state index < -0.39 is 0 Å². The van der Waals surface area contributed by atoms with E-state index in [1.165, 1.54) is 5.69 Å². The number of methoxy groups -OCH3 is 1. The summed E-state index contributed by atoms with van der Waals surface area (Å²) in [6, 6.07) is 7.22. The van der Waals surface area contributed by atoms with Gasteiger partial charge in [0.05, 0.1) is 12.8 Å². The van der Waals surface area contributed by atoms with Crippen molar-refractivity contribution in [2.75, 3.05) is 25.1 Å². The first-order valence-corrected chi connectivity index (χ1v) is 7.28. The zero-order chi connectivity index (χ0) is 13.1. The first-order chi connectivity index (χ1) is 8.65. The minimum atomic E-state index is 0.496. The van der Waals surface area contributed by atoms with Gasteiger partial charge < -0.3 is 15.0 Å². The summed E-state index contributed by atoms with van der Waals surface area (Å²) < 4.78 is 6.46. The molecule has 4 heteroatoms. The second kappa shape index (κ2) is 5.93. The van der Waals surface area contributed by atoms with Crippen LogP contribution in [0.2, 0.25) is 0 Å². The fraction of sp³-hybridized carbons (Fsp3) is 0.571. The van der Waals surface area contributed by atoms with Crippen molar-refractivity contribution in [2.45, 2.75) is 32.4 Å². The van der Waals surface area contributed by atoms with E-state index >= 15 is 0 Å². The van der Waals surface area contributed by atoms with E-state index in [2.05, 4.69) is 52.1 Å². The molecule has 1 N–H and O–H groups in total. The molecule has 0 amide bonds. The zero-order valence-electron chi connectivity index (χ0n) is 11.2. The SMILES string of the molecule is CCC1CN(c2cc(OC)ccc2Br)C(C)CN1. The molecule has 0 radical (unpaired) electrons. The number of ether oxygens (including phenoxy) is 1. The Kier molecular flexibility index (Phi) is 4.51. The molecule has 1 saturated heterocycles. The van der Waals surface area contributed by atoms with Gasteiger partial charge in [-0.2, -0.15) is 0 Å². The standard InChI is InChI=1S/C14H21BrN2O/c1-4-11-9-17(10(2)8-16-11)14-7-12(18-3)5-6-13(14)15/h5-7,10-11,16H,4,8-9H2,1-3H3. The minimum absolute atomic E-state index is 0.496. The molecule has 1 aromatic rings. The highest BCUT2D eigenvalue weighted by Gasteiger charge is 2.25. The largest absolute Gasteiger partial charge is 0.497 e. The molecule has 100 valence electrons. The fourth-order valence-electron chi connectivity index (χ4n) is 2.38. The molecule has 1 fully saturated rings. The smallest absolute Gasteiger partial charge is 0.121 e. The monoisotopic (exact) mass is 312 g/mol. The Bertz CT molecular complexity index is 411. The van der Waals surface area contributed by atoms with Crippen molar-refractivity contribution in [3.05, 3.63) is 22.7 Å². The Balaban J connectivity index is 2.27. The van der Waals surface area contributed by atoms with Crippen LogP contribution in [0, 0.1) is 0 Å². The maximum atomic E-state index is 5.33. The van der Waals surface area contributed by atoms with Gasteiger partial charge in [-0.15, -0.1) is 0 Å². The van der Waals surface area contributed by atoms with E-state index in [4.69, 9.17) is 4.74 Å². The van der Waals surface area contributed by atoms with E-state index in [1.807, 2.05) is 6.07 Å². The van der Waals surface area contributed by atoms with Crippen molar-refractivity contribution in [2.24, 2.45) is 0 Å². The van der Waals surface area contributed by atoms with Crippen molar-refractivity contribution in [1.82, 2.24) is 5.32 Å². The summed E-state index contributed by atoms with van der Waals surface area (Å²) >= 11 is 3.65. The lowest BCUT2D eigenvalue weighted by Gasteiger charge is -2.40.